The first-order valence-electron chi connectivity index (χ1n) is 6.81. The van der Waals surface area contributed by atoms with Crippen molar-refractivity contribution in [2.45, 2.75) is 19.1 Å². The normalized spacial score (nSPS) is 11.5. The number of hydrogen-bond acceptors (Lipinski definition) is 6. The molecule has 1 aromatic rings. The molecule has 1 amide bonds. The molecule has 0 saturated heterocycles. The SMILES string of the molecule is CCOC(=O)CS[C@@H](C)C(=O)Nc1ccc(OC)c(OC)c1. The van der Waals surface area contributed by atoms with Gasteiger partial charge < -0.3 is 19.5 Å². The smallest absolute Gasteiger partial charge is 0.315 e. The van der Waals surface area contributed by atoms with Gasteiger partial charge in [-0.25, -0.2) is 0 Å². The molecule has 0 aliphatic carbocycles. The summed E-state index contributed by atoms with van der Waals surface area (Å²) in [7, 11) is 3.07. The van der Waals surface area contributed by atoms with Crippen molar-refractivity contribution in [1.29, 1.82) is 0 Å². The summed E-state index contributed by atoms with van der Waals surface area (Å²) in [6, 6.07) is 5.12. The molecule has 22 heavy (non-hydrogen) atoms. The predicted octanol–water partition coefficient (Wildman–Crippen LogP) is 2.33. The van der Waals surface area contributed by atoms with Gasteiger partial charge in [0.15, 0.2) is 11.5 Å². The lowest BCUT2D eigenvalue weighted by molar-refractivity contribution is -0.139. The summed E-state index contributed by atoms with van der Waals surface area (Å²) in [6.07, 6.45) is 0. The van der Waals surface area contributed by atoms with E-state index in [1.807, 2.05) is 0 Å². The molecule has 0 radical (unpaired) electrons. The summed E-state index contributed by atoms with van der Waals surface area (Å²) < 4.78 is 15.1. The molecule has 0 fully saturated rings. The molecule has 0 aliphatic heterocycles. The maximum Gasteiger partial charge on any atom is 0.315 e. The molecule has 7 heteroatoms. The van der Waals surface area contributed by atoms with Crippen LogP contribution in [0.2, 0.25) is 0 Å². The number of nitrogens with one attached hydrogen (secondary N) is 1. The highest BCUT2D eigenvalue weighted by atomic mass is 32.2. The van der Waals surface area contributed by atoms with E-state index >= 15 is 0 Å². The lowest BCUT2D eigenvalue weighted by atomic mass is 10.2. The first-order valence-corrected chi connectivity index (χ1v) is 7.86. The van der Waals surface area contributed by atoms with E-state index < -0.39 is 0 Å². The zero-order valence-electron chi connectivity index (χ0n) is 13.2. The minimum Gasteiger partial charge on any atom is -0.493 e. The monoisotopic (exact) mass is 327 g/mol. The average molecular weight is 327 g/mol. The number of hydrogen-bond donors (Lipinski definition) is 1. The number of ether oxygens (including phenoxy) is 3. The van der Waals surface area contributed by atoms with Gasteiger partial charge in [0.05, 0.1) is 31.8 Å². The first kappa shape index (κ1) is 18.2. The maximum absolute atomic E-state index is 12.1. The maximum atomic E-state index is 12.1. The van der Waals surface area contributed by atoms with Crippen LogP contribution in [-0.4, -0.2) is 43.7 Å². The molecule has 1 rings (SSSR count). The van der Waals surface area contributed by atoms with Gasteiger partial charge in [-0.3, -0.25) is 9.59 Å². The van der Waals surface area contributed by atoms with Crippen LogP contribution in [-0.2, 0) is 14.3 Å². The second-order valence-corrected chi connectivity index (χ2v) is 5.65. The molecule has 0 unspecified atom stereocenters. The number of thioether (sulfide) groups is 1. The summed E-state index contributed by atoms with van der Waals surface area (Å²) in [5, 5.41) is 2.40. The Balaban J connectivity index is 2.58. The van der Waals surface area contributed by atoms with E-state index in [4.69, 9.17) is 14.2 Å². The minimum absolute atomic E-state index is 0.147. The van der Waals surface area contributed by atoms with Gasteiger partial charge in [0.25, 0.3) is 0 Å². The van der Waals surface area contributed by atoms with Crippen molar-refractivity contribution in [2.24, 2.45) is 0 Å². The fourth-order valence-corrected chi connectivity index (χ4v) is 2.31. The third-order valence-electron chi connectivity index (χ3n) is 2.78. The third-order valence-corrected chi connectivity index (χ3v) is 3.89. The van der Waals surface area contributed by atoms with Gasteiger partial charge in [0.1, 0.15) is 0 Å². The first-order chi connectivity index (χ1) is 10.5. The van der Waals surface area contributed by atoms with Gasteiger partial charge in [-0.2, -0.15) is 0 Å². The van der Waals surface area contributed by atoms with Crippen molar-refractivity contribution in [1.82, 2.24) is 0 Å². The topological polar surface area (TPSA) is 73.9 Å². The van der Waals surface area contributed by atoms with E-state index in [2.05, 4.69) is 5.32 Å². The molecule has 0 saturated carbocycles. The molecule has 6 nitrogen and oxygen atoms in total. The Bertz CT molecular complexity index is 521. The fraction of sp³-hybridized carbons (Fsp3) is 0.467. The van der Waals surface area contributed by atoms with E-state index in [9.17, 15) is 9.59 Å². The van der Waals surface area contributed by atoms with E-state index in [0.29, 0.717) is 23.8 Å². The van der Waals surface area contributed by atoms with Crippen molar-refractivity contribution in [3.63, 3.8) is 0 Å². The number of amides is 1. The predicted molar refractivity (Wildman–Crippen MR) is 86.7 cm³/mol. The Kier molecular flexibility index (Phi) is 7.59. The van der Waals surface area contributed by atoms with Crippen LogP contribution < -0.4 is 14.8 Å². The van der Waals surface area contributed by atoms with Crippen molar-refractivity contribution < 1.29 is 23.8 Å². The second kappa shape index (κ2) is 9.19. The quantitative estimate of drug-likeness (QED) is 0.739. The summed E-state index contributed by atoms with van der Waals surface area (Å²) >= 11 is 1.23. The van der Waals surface area contributed by atoms with Crippen molar-refractivity contribution in [3.05, 3.63) is 18.2 Å². The van der Waals surface area contributed by atoms with E-state index in [1.165, 1.54) is 18.9 Å². The van der Waals surface area contributed by atoms with Crippen LogP contribution >= 0.6 is 11.8 Å². The zero-order valence-corrected chi connectivity index (χ0v) is 14.0. The van der Waals surface area contributed by atoms with Gasteiger partial charge in [-0.15, -0.1) is 11.8 Å². The van der Waals surface area contributed by atoms with Crippen LogP contribution in [0, 0.1) is 0 Å². The number of anilines is 1. The van der Waals surface area contributed by atoms with Gasteiger partial charge in [-0.05, 0) is 26.0 Å². The summed E-state index contributed by atoms with van der Waals surface area (Å²) in [5.74, 6) is 0.756. The van der Waals surface area contributed by atoms with E-state index in [0.717, 1.165) is 0 Å². The Labute approximate surface area is 134 Å². The van der Waals surface area contributed by atoms with Gasteiger partial charge in [0.2, 0.25) is 5.91 Å². The standard InChI is InChI=1S/C15H21NO5S/c1-5-21-14(17)9-22-10(2)15(18)16-11-6-7-12(19-3)13(8-11)20-4/h6-8,10H,5,9H2,1-4H3,(H,16,18)/t10-/m0/s1. The largest absolute Gasteiger partial charge is 0.493 e. The lowest BCUT2D eigenvalue weighted by Gasteiger charge is -2.13. The van der Waals surface area contributed by atoms with Crippen molar-refractivity contribution >= 4 is 29.3 Å². The lowest BCUT2D eigenvalue weighted by Crippen LogP contribution is -2.24. The molecular weight excluding hydrogens is 306 g/mol. The number of rotatable bonds is 8. The molecule has 1 atom stereocenters. The highest BCUT2D eigenvalue weighted by Crippen LogP contribution is 2.30. The number of carbonyl (C=O) groups excluding carboxylic acids is 2. The Morgan fingerprint density at radius 1 is 1.23 bits per heavy atom. The van der Waals surface area contributed by atoms with Gasteiger partial charge in [-0.1, -0.05) is 0 Å². The molecule has 0 bridgehead atoms. The number of carbonyl (C=O) groups is 2. The highest BCUT2D eigenvalue weighted by Gasteiger charge is 2.16. The van der Waals surface area contributed by atoms with Crippen LogP contribution in [0.4, 0.5) is 5.69 Å². The minimum atomic E-state index is -0.377. The van der Waals surface area contributed by atoms with E-state index in [-0.39, 0.29) is 22.9 Å². The number of benzene rings is 1. The van der Waals surface area contributed by atoms with Gasteiger partial charge in [0, 0.05) is 11.8 Å². The molecule has 0 heterocycles. The highest BCUT2D eigenvalue weighted by molar-refractivity contribution is 8.01. The van der Waals surface area contributed by atoms with Crippen LogP contribution in [0.5, 0.6) is 11.5 Å². The summed E-state index contributed by atoms with van der Waals surface area (Å²) in [5.41, 5.74) is 0.603. The number of esters is 1. The molecular formula is C15H21NO5S. The van der Waals surface area contributed by atoms with Crippen LogP contribution in [0.1, 0.15) is 13.8 Å². The second-order valence-electron chi connectivity index (χ2n) is 4.32. The molecule has 122 valence electrons. The van der Waals surface area contributed by atoms with Crippen LogP contribution in [0.25, 0.3) is 0 Å². The molecule has 0 aliphatic rings. The summed E-state index contributed by atoms with van der Waals surface area (Å²) in [6.45, 7) is 3.82. The molecule has 0 aromatic heterocycles. The van der Waals surface area contributed by atoms with E-state index in [1.54, 1.807) is 39.2 Å². The molecule has 0 spiro atoms. The fourth-order valence-electron chi connectivity index (χ4n) is 1.63. The molecule has 1 aromatic carbocycles. The van der Waals surface area contributed by atoms with Gasteiger partial charge >= 0.3 is 5.97 Å². The Hall–Kier alpha value is -1.89. The molecule has 1 N–H and O–H groups in total. The van der Waals surface area contributed by atoms with Crippen molar-refractivity contribution in [3.8, 4) is 11.5 Å². The Morgan fingerprint density at radius 2 is 1.91 bits per heavy atom. The number of methoxy groups -OCH3 is 2. The van der Waals surface area contributed by atoms with Crippen LogP contribution in [0.3, 0.4) is 0 Å². The third kappa shape index (κ3) is 5.48. The summed E-state index contributed by atoms with van der Waals surface area (Å²) in [4.78, 5) is 23.4. The Morgan fingerprint density at radius 3 is 2.50 bits per heavy atom. The van der Waals surface area contributed by atoms with Crippen LogP contribution in [0.15, 0.2) is 18.2 Å². The average Bonchev–Trinajstić information content (AvgIpc) is 2.52. The zero-order chi connectivity index (χ0) is 16.5. The van der Waals surface area contributed by atoms with Crippen molar-refractivity contribution in [2.75, 3.05) is 31.9 Å².